The van der Waals surface area contributed by atoms with Gasteiger partial charge in [-0.1, -0.05) is 162 Å². The van der Waals surface area contributed by atoms with Crippen LogP contribution in [0.25, 0.3) is 33.5 Å². The molecule has 4 aromatic carbocycles. The van der Waals surface area contributed by atoms with Gasteiger partial charge in [0.2, 0.25) is 0 Å². The third kappa shape index (κ3) is 9.24. The van der Waals surface area contributed by atoms with Crippen molar-refractivity contribution in [2.45, 2.75) is 48.5 Å². The van der Waals surface area contributed by atoms with Gasteiger partial charge in [0.05, 0.1) is 0 Å². The lowest BCUT2D eigenvalue weighted by molar-refractivity contribution is 1.45. The first kappa shape index (κ1) is 31.1. The Hall–Kier alpha value is -3.90. The Morgan fingerprint density at radius 2 is 1.30 bits per heavy atom. The molecule has 0 saturated carbocycles. The molecule has 0 unspecified atom stereocenters. The molecule has 0 spiro atoms. The number of benzene rings is 4. The molecule has 0 heteroatoms. The second kappa shape index (κ2) is 17.5. The van der Waals surface area contributed by atoms with E-state index in [1.807, 2.05) is 70.2 Å². The van der Waals surface area contributed by atoms with Crippen molar-refractivity contribution in [3.8, 4) is 11.1 Å². The van der Waals surface area contributed by atoms with E-state index in [1.54, 1.807) is 0 Å². The van der Waals surface area contributed by atoms with Gasteiger partial charge < -0.3 is 0 Å². The SMILES string of the molecule is C=C/C=C(/C)c1ccccc1.C=C/C=C\c1c(C)cc2cc(C)ccc2c1-c1ccccc1.CC.CC. The van der Waals surface area contributed by atoms with Crippen LogP contribution in [0.5, 0.6) is 0 Å². The van der Waals surface area contributed by atoms with Crippen LogP contribution in [0.4, 0.5) is 0 Å². The Balaban J connectivity index is 0.000000385. The van der Waals surface area contributed by atoms with Gasteiger partial charge in [-0.2, -0.15) is 0 Å². The van der Waals surface area contributed by atoms with Crippen LogP contribution in [-0.4, -0.2) is 0 Å². The highest BCUT2D eigenvalue weighted by molar-refractivity contribution is 6.02. The Bertz CT molecular complexity index is 1290. The second-order valence-electron chi connectivity index (χ2n) is 8.12. The highest BCUT2D eigenvalue weighted by atomic mass is 14.1. The predicted molar refractivity (Wildman–Crippen MR) is 171 cm³/mol. The number of allylic oxidation sites excluding steroid dienone is 5. The molecule has 0 N–H and O–H groups in total. The minimum atomic E-state index is 1.25. The Morgan fingerprint density at radius 1 is 0.703 bits per heavy atom. The lowest BCUT2D eigenvalue weighted by Gasteiger charge is -2.15. The minimum absolute atomic E-state index is 1.25. The van der Waals surface area contributed by atoms with Gasteiger partial charge in [-0.15, -0.1) is 0 Å². The van der Waals surface area contributed by atoms with E-state index in [1.165, 1.54) is 49.7 Å². The molecule has 0 amide bonds. The van der Waals surface area contributed by atoms with E-state index in [2.05, 4.69) is 107 Å². The molecule has 0 saturated heterocycles. The number of hydrogen-bond donors (Lipinski definition) is 0. The number of rotatable bonds is 5. The van der Waals surface area contributed by atoms with Crippen molar-refractivity contribution in [1.82, 2.24) is 0 Å². The van der Waals surface area contributed by atoms with Gasteiger partial charge in [-0.3, -0.25) is 0 Å². The zero-order valence-corrected chi connectivity index (χ0v) is 23.9. The maximum Gasteiger partial charge on any atom is -0.00302 e. The van der Waals surface area contributed by atoms with E-state index in [-0.39, 0.29) is 0 Å². The first-order chi connectivity index (χ1) is 18.0. The van der Waals surface area contributed by atoms with Crippen molar-refractivity contribution in [2.75, 3.05) is 0 Å². The molecule has 192 valence electrons. The van der Waals surface area contributed by atoms with Crippen LogP contribution in [0.1, 0.15) is 56.9 Å². The predicted octanol–water partition coefficient (Wildman–Crippen LogP) is 11.7. The Morgan fingerprint density at radius 3 is 1.86 bits per heavy atom. The molecule has 0 aliphatic heterocycles. The molecular weight excluding hydrogens is 444 g/mol. The normalized spacial score (nSPS) is 10.3. The summed E-state index contributed by atoms with van der Waals surface area (Å²) in [4.78, 5) is 0. The van der Waals surface area contributed by atoms with Gasteiger partial charge >= 0.3 is 0 Å². The molecule has 0 fully saturated rings. The van der Waals surface area contributed by atoms with Crippen LogP contribution in [-0.2, 0) is 0 Å². The zero-order chi connectivity index (χ0) is 27.6. The minimum Gasteiger partial charge on any atom is -0.0991 e. The summed E-state index contributed by atoms with van der Waals surface area (Å²) in [6, 6.07) is 29.8. The fourth-order valence-corrected chi connectivity index (χ4v) is 3.95. The number of aryl methyl sites for hydroxylation is 2. The fraction of sp³-hybridized carbons (Fsp3) is 0.189. The molecule has 0 heterocycles. The summed E-state index contributed by atoms with van der Waals surface area (Å²) in [6.45, 7) is 21.8. The van der Waals surface area contributed by atoms with Crippen molar-refractivity contribution in [1.29, 1.82) is 0 Å². The second-order valence-corrected chi connectivity index (χ2v) is 8.12. The largest absolute Gasteiger partial charge is 0.0991 e. The van der Waals surface area contributed by atoms with Crippen LogP contribution < -0.4 is 0 Å². The topological polar surface area (TPSA) is 0 Å². The lowest BCUT2D eigenvalue weighted by Crippen LogP contribution is -1.91. The summed E-state index contributed by atoms with van der Waals surface area (Å²) in [6.07, 6.45) is 9.81. The Labute approximate surface area is 226 Å². The molecule has 0 atom stereocenters. The molecule has 37 heavy (non-hydrogen) atoms. The third-order valence-electron chi connectivity index (χ3n) is 5.60. The summed E-state index contributed by atoms with van der Waals surface area (Å²) in [5.41, 5.74) is 8.91. The van der Waals surface area contributed by atoms with Gasteiger partial charge in [0.1, 0.15) is 0 Å². The molecule has 4 rings (SSSR count). The van der Waals surface area contributed by atoms with Crippen molar-refractivity contribution < 1.29 is 0 Å². The monoisotopic (exact) mass is 488 g/mol. The third-order valence-corrected chi connectivity index (χ3v) is 5.60. The zero-order valence-electron chi connectivity index (χ0n) is 23.9. The first-order valence-electron chi connectivity index (χ1n) is 13.3. The van der Waals surface area contributed by atoms with E-state index in [9.17, 15) is 0 Å². The number of fused-ring (bicyclic) bond motifs is 1. The summed E-state index contributed by atoms with van der Waals surface area (Å²) in [7, 11) is 0. The standard InChI is InChI=1S/C22H20.C11H12.2C2H6/c1-4-5-11-20-17(3)15-19-14-16(2)12-13-21(19)22(20)18-9-7-6-8-10-18;1-3-7-10(2)11-8-5-4-6-9-11;2*1-2/h4-15H,1H2,2-3H3;3-9H,1H2,2H3;2*1-2H3/b11-5-;10-7-;;. The van der Waals surface area contributed by atoms with E-state index < -0.39 is 0 Å². The molecule has 0 nitrogen and oxygen atoms in total. The summed E-state index contributed by atoms with van der Waals surface area (Å²) in [5, 5.41) is 2.60. The van der Waals surface area contributed by atoms with Crippen LogP contribution in [0.2, 0.25) is 0 Å². The van der Waals surface area contributed by atoms with Gasteiger partial charge in [0, 0.05) is 0 Å². The van der Waals surface area contributed by atoms with Crippen LogP contribution in [0.15, 0.2) is 122 Å². The lowest BCUT2D eigenvalue weighted by atomic mass is 9.89. The Kier molecular flexibility index (Phi) is 14.7. The quantitative estimate of drug-likeness (QED) is 0.245. The highest BCUT2D eigenvalue weighted by Crippen LogP contribution is 2.35. The fourth-order valence-electron chi connectivity index (χ4n) is 3.95. The van der Waals surface area contributed by atoms with Crippen molar-refractivity contribution >= 4 is 22.4 Å². The summed E-state index contributed by atoms with van der Waals surface area (Å²) in [5.74, 6) is 0. The van der Waals surface area contributed by atoms with Gasteiger partial charge in [0.25, 0.3) is 0 Å². The van der Waals surface area contributed by atoms with Gasteiger partial charge in [0.15, 0.2) is 0 Å². The first-order valence-corrected chi connectivity index (χ1v) is 13.3. The average Bonchev–Trinajstić information content (AvgIpc) is 2.95. The van der Waals surface area contributed by atoms with Crippen molar-refractivity contribution in [3.05, 3.63) is 145 Å². The van der Waals surface area contributed by atoms with E-state index in [0.717, 1.165) is 0 Å². The van der Waals surface area contributed by atoms with E-state index in [4.69, 9.17) is 0 Å². The molecule has 4 aromatic rings. The van der Waals surface area contributed by atoms with Crippen molar-refractivity contribution in [2.24, 2.45) is 0 Å². The maximum absolute atomic E-state index is 3.79. The molecule has 0 aliphatic rings. The molecule has 0 aliphatic carbocycles. The molecule has 0 bridgehead atoms. The van der Waals surface area contributed by atoms with Crippen LogP contribution in [0.3, 0.4) is 0 Å². The van der Waals surface area contributed by atoms with Gasteiger partial charge in [-0.05, 0) is 64.9 Å². The van der Waals surface area contributed by atoms with Crippen LogP contribution >= 0.6 is 0 Å². The maximum atomic E-state index is 3.79. The smallest absolute Gasteiger partial charge is 0.00302 e. The number of hydrogen-bond acceptors (Lipinski definition) is 0. The highest BCUT2D eigenvalue weighted by Gasteiger charge is 2.11. The van der Waals surface area contributed by atoms with Gasteiger partial charge in [-0.25, -0.2) is 0 Å². The molecule has 0 radical (unpaired) electrons. The molecular formula is C37H44. The summed E-state index contributed by atoms with van der Waals surface area (Å²) < 4.78 is 0. The van der Waals surface area contributed by atoms with Crippen molar-refractivity contribution in [3.63, 3.8) is 0 Å². The average molecular weight is 489 g/mol. The summed E-state index contributed by atoms with van der Waals surface area (Å²) >= 11 is 0. The molecule has 0 aromatic heterocycles. The van der Waals surface area contributed by atoms with Crippen LogP contribution in [0, 0.1) is 13.8 Å². The van der Waals surface area contributed by atoms with E-state index >= 15 is 0 Å². The van der Waals surface area contributed by atoms with E-state index in [0.29, 0.717) is 0 Å².